The number of nitrogens with one attached hydrogen (secondary N) is 3. The molecule has 2 aromatic heterocycles. The summed E-state index contributed by atoms with van der Waals surface area (Å²) in [6, 6.07) is 9.66. The quantitative estimate of drug-likeness (QED) is 0.166. The van der Waals surface area contributed by atoms with E-state index in [9.17, 15) is 18.4 Å². The molecule has 0 unspecified atom stereocenters. The molecular formula is C34H34ClF3N8O3. The molecule has 4 aromatic rings. The molecule has 2 amide bonds. The van der Waals surface area contributed by atoms with Gasteiger partial charge in [-0.25, -0.2) is 23.8 Å². The Kier molecular flexibility index (Phi) is 9.09. The standard InChI is InChI=1S/C34H34ClF3N8O3/c1-33(2,3)18-34(24-9-5-19(14-26(24)36)21-15-42-45(16-21)30(37)38)29(47)46(31(39)44-34)27(17-49-32(48)43-22-7-8-22)20-6-10-25(35)23(13-20)28-40-11-4-12-41-28/h4-6,9-16,22,27,30H,7-8,17-18H2,1-3H3,(H2,39,44)(H,43,48)/t27-,34-/m1/s1. The van der Waals surface area contributed by atoms with Gasteiger partial charge in [-0.05, 0) is 60.1 Å². The summed E-state index contributed by atoms with van der Waals surface area (Å²) < 4.78 is 48.6. The van der Waals surface area contributed by atoms with Crippen LogP contribution in [0.15, 0.2) is 67.3 Å². The molecule has 1 aliphatic heterocycles. The first-order valence-corrected chi connectivity index (χ1v) is 16.0. The molecule has 3 heterocycles. The van der Waals surface area contributed by atoms with Crippen molar-refractivity contribution in [1.82, 2.24) is 35.3 Å². The van der Waals surface area contributed by atoms with Crippen LogP contribution >= 0.6 is 11.6 Å². The van der Waals surface area contributed by atoms with E-state index in [1.807, 2.05) is 20.8 Å². The van der Waals surface area contributed by atoms with Gasteiger partial charge in [0.1, 0.15) is 18.0 Å². The van der Waals surface area contributed by atoms with E-state index in [0.717, 1.165) is 30.0 Å². The van der Waals surface area contributed by atoms with E-state index < -0.39 is 41.4 Å². The van der Waals surface area contributed by atoms with E-state index in [4.69, 9.17) is 21.7 Å². The largest absolute Gasteiger partial charge is 0.447 e. The first-order valence-electron chi connectivity index (χ1n) is 15.6. The van der Waals surface area contributed by atoms with Gasteiger partial charge < -0.3 is 15.4 Å². The van der Waals surface area contributed by atoms with Crippen molar-refractivity contribution in [2.24, 2.45) is 5.41 Å². The monoisotopic (exact) mass is 694 g/mol. The van der Waals surface area contributed by atoms with Gasteiger partial charge >= 0.3 is 12.6 Å². The lowest BCUT2D eigenvalue weighted by atomic mass is 9.75. The second-order valence-corrected chi connectivity index (χ2v) is 13.7. The zero-order valence-electron chi connectivity index (χ0n) is 26.9. The minimum absolute atomic E-state index is 0.0202. The number of carbonyl (C=O) groups is 2. The summed E-state index contributed by atoms with van der Waals surface area (Å²) >= 11 is 6.54. The Bertz CT molecular complexity index is 1900. The highest BCUT2D eigenvalue weighted by molar-refractivity contribution is 6.33. The molecule has 0 spiro atoms. The fourth-order valence-corrected chi connectivity index (χ4v) is 6.22. The Morgan fingerprint density at radius 3 is 2.53 bits per heavy atom. The van der Waals surface area contributed by atoms with Gasteiger partial charge in [0, 0.05) is 41.3 Å². The average Bonchev–Trinajstić information content (AvgIpc) is 3.64. The summed E-state index contributed by atoms with van der Waals surface area (Å²) in [7, 11) is 0. The van der Waals surface area contributed by atoms with Crippen LogP contribution in [0.25, 0.3) is 22.5 Å². The van der Waals surface area contributed by atoms with E-state index in [1.54, 1.807) is 36.7 Å². The van der Waals surface area contributed by atoms with Gasteiger partial charge in [-0.2, -0.15) is 13.9 Å². The average molecular weight is 695 g/mol. The molecule has 256 valence electrons. The number of ether oxygens (including phenoxy) is 1. The molecule has 3 N–H and O–H groups in total. The predicted molar refractivity (Wildman–Crippen MR) is 175 cm³/mol. The molecule has 15 heteroatoms. The van der Waals surface area contributed by atoms with Crippen molar-refractivity contribution < 1.29 is 27.5 Å². The van der Waals surface area contributed by atoms with E-state index in [-0.39, 0.29) is 41.7 Å². The van der Waals surface area contributed by atoms with Crippen molar-refractivity contribution in [3.8, 4) is 22.5 Å². The molecule has 1 saturated heterocycles. The Hall–Kier alpha value is -4.98. The molecule has 0 radical (unpaired) electrons. The van der Waals surface area contributed by atoms with Gasteiger partial charge in [0.15, 0.2) is 11.8 Å². The Labute approximate surface area is 285 Å². The number of aromatic nitrogens is 4. The van der Waals surface area contributed by atoms with Crippen molar-refractivity contribution in [1.29, 1.82) is 5.41 Å². The molecule has 49 heavy (non-hydrogen) atoms. The molecule has 1 aliphatic carbocycles. The predicted octanol–water partition coefficient (Wildman–Crippen LogP) is 6.82. The lowest BCUT2D eigenvalue weighted by Crippen LogP contribution is -2.48. The highest BCUT2D eigenvalue weighted by atomic mass is 35.5. The van der Waals surface area contributed by atoms with Gasteiger partial charge in [0.2, 0.25) is 0 Å². The normalized spacial score (nSPS) is 18.5. The topological polar surface area (TPSA) is 138 Å². The first-order chi connectivity index (χ1) is 23.3. The van der Waals surface area contributed by atoms with Crippen LogP contribution in [0.5, 0.6) is 0 Å². The second-order valence-electron chi connectivity index (χ2n) is 13.3. The molecule has 2 fully saturated rings. The summed E-state index contributed by atoms with van der Waals surface area (Å²) in [6.45, 7) is 2.45. The smallest absolute Gasteiger partial charge is 0.407 e. The molecule has 2 atom stereocenters. The summed E-state index contributed by atoms with van der Waals surface area (Å²) in [4.78, 5) is 37.2. The number of benzene rings is 2. The number of rotatable bonds is 10. The van der Waals surface area contributed by atoms with Crippen LogP contribution in [0.2, 0.25) is 5.02 Å². The second kappa shape index (κ2) is 13.1. The number of amides is 2. The molecule has 1 saturated carbocycles. The maximum absolute atomic E-state index is 16.2. The fraction of sp³-hybridized carbons (Fsp3) is 0.353. The highest BCUT2D eigenvalue weighted by Gasteiger charge is 2.55. The number of hydrogen-bond donors (Lipinski definition) is 3. The van der Waals surface area contributed by atoms with Crippen molar-refractivity contribution in [2.45, 2.75) is 64.2 Å². The SMILES string of the molecule is CC(C)(C)C[C@]1(c2ccc(-c3cnn(C(F)F)c3)cc2F)NC(=N)N([C@H](COC(=O)NC2CC2)c2ccc(Cl)c(-c3ncccn3)c2)C1=O. The third kappa shape index (κ3) is 7.09. The molecule has 6 rings (SSSR count). The van der Waals surface area contributed by atoms with Crippen LogP contribution in [-0.4, -0.2) is 55.3 Å². The number of carbonyl (C=O) groups excluding carboxylic acids is 2. The number of halogens is 4. The van der Waals surface area contributed by atoms with E-state index in [1.165, 1.54) is 18.3 Å². The van der Waals surface area contributed by atoms with Crippen molar-refractivity contribution in [3.05, 3.63) is 89.2 Å². The van der Waals surface area contributed by atoms with Crippen LogP contribution in [0, 0.1) is 16.6 Å². The maximum atomic E-state index is 16.2. The molecule has 0 bridgehead atoms. The zero-order valence-corrected chi connectivity index (χ0v) is 27.6. The van der Waals surface area contributed by atoms with Gasteiger partial charge in [-0.3, -0.25) is 15.1 Å². The molecular weight excluding hydrogens is 661 g/mol. The third-order valence-corrected chi connectivity index (χ3v) is 8.61. The Morgan fingerprint density at radius 1 is 1.16 bits per heavy atom. The number of alkyl carbamates (subject to hydrolysis) is 1. The lowest BCUT2D eigenvalue weighted by Gasteiger charge is -2.35. The molecule has 2 aliphatic rings. The molecule has 2 aromatic carbocycles. The van der Waals surface area contributed by atoms with Crippen LogP contribution in [-0.2, 0) is 15.1 Å². The Balaban J connectivity index is 1.41. The minimum Gasteiger partial charge on any atom is -0.447 e. The number of hydrogen-bond acceptors (Lipinski definition) is 7. The summed E-state index contributed by atoms with van der Waals surface area (Å²) in [5.41, 5.74) is -0.890. The lowest BCUT2D eigenvalue weighted by molar-refractivity contribution is -0.135. The van der Waals surface area contributed by atoms with Crippen LogP contribution in [0.1, 0.15) is 63.8 Å². The third-order valence-electron chi connectivity index (χ3n) is 8.28. The first kappa shape index (κ1) is 33.9. The van der Waals surface area contributed by atoms with Gasteiger partial charge in [0.05, 0.1) is 17.3 Å². The summed E-state index contributed by atoms with van der Waals surface area (Å²) in [5, 5.41) is 18.8. The van der Waals surface area contributed by atoms with Gasteiger partial charge in [-0.1, -0.05) is 50.6 Å². The van der Waals surface area contributed by atoms with Gasteiger partial charge in [0.25, 0.3) is 5.91 Å². The number of alkyl halides is 2. The number of nitrogens with zero attached hydrogens (tertiary/aromatic N) is 5. The van der Waals surface area contributed by atoms with E-state index in [0.29, 0.717) is 26.7 Å². The van der Waals surface area contributed by atoms with E-state index >= 15 is 4.39 Å². The van der Waals surface area contributed by atoms with Crippen LogP contribution in [0.4, 0.5) is 18.0 Å². The van der Waals surface area contributed by atoms with Crippen molar-refractivity contribution in [2.75, 3.05) is 6.61 Å². The van der Waals surface area contributed by atoms with Crippen LogP contribution < -0.4 is 10.6 Å². The summed E-state index contributed by atoms with van der Waals surface area (Å²) in [6.07, 6.45) is 6.49. The molecule has 11 nitrogen and oxygen atoms in total. The fourth-order valence-electron chi connectivity index (χ4n) is 6.02. The summed E-state index contributed by atoms with van der Waals surface area (Å²) in [5.74, 6) is -1.44. The van der Waals surface area contributed by atoms with E-state index in [2.05, 4.69) is 25.7 Å². The van der Waals surface area contributed by atoms with Crippen molar-refractivity contribution in [3.63, 3.8) is 0 Å². The highest BCUT2D eigenvalue weighted by Crippen LogP contribution is 2.44. The Morgan fingerprint density at radius 2 is 1.90 bits per heavy atom. The van der Waals surface area contributed by atoms with Crippen molar-refractivity contribution >= 4 is 29.6 Å². The van der Waals surface area contributed by atoms with Crippen LogP contribution in [0.3, 0.4) is 0 Å². The number of guanidine groups is 1. The minimum atomic E-state index is -2.86. The van der Waals surface area contributed by atoms with Gasteiger partial charge in [-0.15, -0.1) is 0 Å². The zero-order chi connectivity index (χ0) is 35.1. The maximum Gasteiger partial charge on any atom is 0.407 e.